The van der Waals surface area contributed by atoms with Gasteiger partial charge in [0.1, 0.15) is 29.4 Å². The van der Waals surface area contributed by atoms with Crippen molar-refractivity contribution in [3.05, 3.63) is 158 Å². The highest BCUT2D eigenvalue weighted by Crippen LogP contribution is 2.42. The van der Waals surface area contributed by atoms with Gasteiger partial charge in [-0.2, -0.15) is 0 Å². The van der Waals surface area contributed by atoms with Gasteiger partial charge in [-0.05, 0) is 53.1 Å². The second-order valence-electron chi connectivity index (χ2n) is 12.4. The van der Waals surface area contributed by atoms with E-state index in [0.29, 0.717) is 18.0 Å². The van der Waals surface area contributed by atoms with Crippen LogP contribution >= 0.6 is 0 Å². The summed E-state index contributed by atoms with van der Waals surface area (Å²) in [4.78, 5) is 43.2. The number of ether oxygens (including phenoxy) is 4. The van der Waals surface area contributed by atoms with E-state index in [-0.39, 0.29) is 25.0 Å². The molecule has 1 aliphatic heterocycles. The van der Waals surface area contributed by atoms with E-state index < -0.39 is 41.1 Å². The number of H-pyrrole nitrogens is 1. The number of carbonyl (C=O) groups is 1. The molecule has 11 nitrogen and oxygen atoms in total. The Kier molecular flexibility index (Phi) is 10.8. The van der Waals surface area contributed by atoms with Gasteiger partial charge in [0.25, 0.3) is 5.56 Å². The molecule has 0 aliphatic carbocycles. The number of nitrogens with one attached hydrogen (secondary N) is 1. The molecule has 0 bridgehead atoms. The number of carbonyl (C=O) groups excluding carboxylic acids is 1. The van der Waals surface area contributed by atoms with Crippen LogP contribution in [-0.4, -0.2) is 67.1 Å². The summed E-state index contributed by atoms with van der Waals surface area (Å²) in [7, 11) is 5.07. The first-order chi connectivity index (χ1) is 24.7. The van der Waals surface area contributed by atoms with Crippen molar-refractivity contribution in [1.82, 2.24) is 9.55 Å². The Hall–Kier alpha value is -5.49. The number of aromatic amines is 1. The van der Waals surface area contributed by atoms with Gasteiger partial charge in [0.15, 0.2) is 5.78 Å². The van der Waals surface area contributed by atoms with Crippen LogP contribution in [0.3, 0.4) is 0 Å². The molecule has 0 unspecified atom stereocenters. The quantitative estimate of drug-likeness (QED) is 0.123. The van der Waals surface area contributed by atoms with Gasteiger partial charge in [-0.3, -0.25) is 19.1 Å². The van der Waals surface area contributed by atoms with Gasteiger partial charge < -0.3 is 29.0 Å². The van der Waals surface area contributed by atoms with E-state index in [9.17, 15) is 19.5 Å². The monoisotopic (exact) mass is 691 g/mol. The van der Waals surface area contributed by atoms with Gasteiger partial charge in [0, 0.05) is 38.3 Å². The molecule has 0 spiro atoms. The number of benzene rings is 4. The minimum absolute atomic E-state index is 0.0355. The predicted octanol–water partition coefficient (Wildman–Crippen LogP) is 4.92. The van der Waals surface area contributed by atoms with E-state index in [1.54, 1.807) is 14.2 Å². The highest BCUT2D eigenvalue weighted by molar-refractivity contribution is 5.95. The summed E-state index contributed by atoms with van der Waals surface area (Å²) in [5.74, 6) is 0.943. The molecular weight excluding hydrogens is 650 g/mol. The van der Waals surface area contributed by atoms with Crippen LogP contribution in [-0.2, 0) is 15.1 Å². The zero-order valence-electron chi connectivity index (χ0n) is 28.7. The smallest absolute Gasteiger partial charge is 0.330 e. The van der Waals surface area contributed by atoms with Crippen molar-refractivity contribution in [1.29, 1.82) is 0 Å². The van der Waals surface area contributed by atoms with Crippen molar-refractivity contribution in [2.45, 2.75) is 36.9 Å². The van der Waals surface area contributed by atoms with E-state index in [1.165, 1.54) is 6.20 Å². The molecule has 264 valence electrons. The molecule has 4 aromatic carbocycles. The summed E-state index contributed by atoms with van der Waals surface area (Å²) in [6, 6.07) is 34.5. The summed E-state index contributed by atoms with van der Waals surface area (Å²) in [6.45, 7) is 0.297. The predicted molar refractivity (Wildman–Crippen MR) is 193 cm³/mol. The maximum Gasteiger partial charge on any atom is 0.330 e. The first-order valence-electron chi connectivity index (χ1n) is 16.7. The third-order valence-corrected chi connectivity index (χ3v) is 9.29. The summed E-state index contributed by atoms with van der Waals surface area (Å²) in [5.41, 5.74) is 0.561. The van der Waals surface area contributed by atoms with Crippen molar-refractivity contribution in [2.75, 3.05) is 39.3 Å². The van der Waals surface area contributed by atoms with Crippen LogP contribution in [0, 0.1) is 0 Å². The van der Waals surface area contributed by atoms with E-state index in [2.05, 4.69) is 4.98 Å². The lowest BCUT2D eigenvalue weighted by atomic mass is 9.80. The van der Waals surface area contributed by atoms with Crippen molar-refractivity contribution in [3.63, 3.8) is 0 Å². The summed E-state index contributed by atoms with van der Waals surface area (Å²) in [5, 5.41) is 11.2. The average Bonchev–Trinajstić information content (AvgIpc) is 3.54. The maximum absolute atomic E-state index is 13.2. The third-order valence-electron chi connectivity index (χ3n) is 9.29. The molecule has 1 fully saturated rings. The number of Topliss-reactive ketones (excluding diaryl/α,β-unsaturated/α-hetero) is 1. The van der Waals surface area contributed by atoms with Crippen LogP contribution in [0.15, 0.2) is 125 Å². The molecule has 2 heterocycles. The number of aromatic nitrogens is 2. The molecule has 5 aromatic rings. The number of nitrogens with zero attached hydrogens (tertiary/aromatic N) is 2. The van der Waals surface area contributed by atoms with Crippen molar-refractivity contribution in [3.8, 4) is 11.5 Å². The minimum Gasteiger partial charge on any atom is -0.497 e. The third kappa shape index (κ3) is 7.51. The first-order valence-corrected chi connectivity index (χ1v) is 16.7. The lowest BCUT2D eigenvalue weighted by Crippen LogP contribution is -2.38. The lowest BCUT2D eigenvalue weighted by Gasteiger charge is -2.37. The number of para-hydroxylation sites is 1. The van der Waals surface area contributed by atoms with Gasteiger partial charge >= 0.3 is 5.69 Å². The molecule has 0 radical (unpaired) electrons. The highest BCUT2D eigenvalue weighted by Gasteiger charge is 2.42. The largest absolute Gasteiger partial charge is 0.497 e. The van der Waals surface area contributed by atoms with Crippen molar-refractivity contribution >= 4 is 11.5 Å². The van der Waals surface area contributed by atoms with Crippen LogP contribution < -0.4 is 25.6 Å². The number of aliphatic hydroxyl groups excluding tert-OH is 1. The van der Waals surface area contributed by atoms with Crippen molar-refractivity contribution in [2.24, 2.45) is 0 Å². The second-order valence-corrected chi connectivity index (χ2v) is 12.4. The summed E-state index contributed by atoms with van der Waals surface area (Å²) < 4.78 is 25.2. The van der Waals surface area contributed by atoms with E-state index in [4.69, 9.17) is 18.9 Å². The molecule has 3 atom stereocenters. The van der Waals surface area contributed by atoms with E-state index in [1.807, 2.05) is 121 Å². The first kappa shape index (κ1) is 35.3. The number of hydrogen-bond acceptors (Lipinski definition) is 9. The Balaban J connectivity index is 1.26. The molecule has 0 saturated carbocycles. The van der Waals surface area contributed by atoms with E-state index >= 15 is 0 Å². The van der Waals surface area contributed by atoms with Crippen LogP contribution in [0.2, 0.25) is 0 Å². The lowest BCUT2D eigenvalue weighted by molar-refractivity contribution is -0.0944. The van der Waals surface area contributed by atoms with Crippen molar-refractivity contribution < 1.29 is 28.8 Å². The number of rotatable bonds is 14. The highest BCUT2D eigenvalue weighted by atomic mass is 16.6. The summed E-state index contributed by atoms with van der Waals surface area (Å²) in [6.07, 6.45) is -1.51. The Morgan fingerprint density at radius 2 is 1.41 bits per heavy atom. The topological polar surface area (TPSA) is 132 Å². The second kappa shape index (κ2) is 15.6. The fourth-order valence-corrected chi connectivity index (χ4v) is 6.43. The fourth-order valence-electron chi connectivity index (χ4n) is 6.43. The standard InChI is InChI=1S/C40H41N3O8/c1-42(30-12-8-5-9-13-30)23-22-34(44)33-25-43(39(47)41-38(33)46)37-24-35(45)36(51-37)26-50-40(27-10-6-4-7-11-27,28-14-18-31(48-2)19-15-28)29-16-20-32(49-3)21-17-29/h4-21,25,35-37,45H,22-24,26H2,1-3H3,(H,41,46,47)/t35-,36+,37+/m0/s1. The minimum atomic E-state index is -1.15. The van der Waals surface area contributed by atoms with Crippen LogP contribution in [0.5, 0.6) is 11.5 Å². The Morgan fingerprint density at radius 1 is 0.863 bits per heavy atom. The molecule has 2 N–H and O–H groups in total. The van der Waals surface area contributed by atoms with Crippen LogP contribution in [0.25, 0.3) is 0 Å². The molecule has 6 rings (SSSR count). The zero-order chi connectivity index (χ0) is 36.0. The number of methoxy groups -OCH3 is 2. The molecule has 11 heteroatoms. The number of ketones is 1. The van der Waals surface area contributed by atoms with Gasteiger partial charge in [-0.25, -0.2) is 4.79 Å². The van der Waals surface area contributed by atoms with Gasteiger partial charge in [-0.1, -0.05) is 72.8 Å². The van der Waals surface area contributed by atoms with Crippen LogP contribution in [0.1, 0.15) is 46.1 Å². The molecule has 1 saturated heterocycles. The van der Waals surface area contributed by atoms with E-state index in [0.717, 1.165) is 26.9 Å². The molecule has 51 heavy (non-hydrogen) atoms. The Labute approximate surface area is 295 Å². The van der Waals surface area contributed by atoms with Gasteiger partial charge in [-0.15, -0.1) is 0 Å². The molecular formula is C40H41N3O8. The Morgan fingerprint density at radius 3 is 1.98 bits per heavy atom. The normalized spacial score (nSPS) is 17.2. The summed E-state index contributed by atoms with van der Waals surface area (Å²) >= 11 is 0. The van der Waals surface area contributed by atoms with Gasteiger partial charge in [0.2, 0.25) is 0 Å². The fraction of sp³-hybridized carbons (Fsp3) is 0.275. The maximum atomic E-state index is 13.2. The SMILES string of the molecule is COc1ccc(C(OC[C@H]2O[C@@H](n3cc(C(=O)CCN(C)c4ccccc4)c(=O)[nH]c3=O)C[C@@H]2O)(c2ccccc2)c2ccc(OC)cc2)cc1. The van der Waals surface area contributed by atoms with Crippen LogP contribution in [0.4, 0.5) is 5.69 Å². The molecule has 1 aromatic heterocycles. The average molecular weight is 692 g/mol. The number of anilines is 1. The number of aliphatic hydroxyl groups is 1. The number of hydrogen-bond donors (Lipinski definition) is 2. The van der Waals surface area contributed by atoms with Gasteiger partial charge in [0.05, 0.1) is 32.5 Å². The zero-order valence-corrected chi connectivity index (χ0v) is 28.7. The Bertz CT molecular complexity index is 1980. The molecule has 0 amide bonds. The molecule has 1 aliphatic rings.